The number of para-hydroxylation sites is 2. The van der Waals surface area contributed by atoms with Crippen LogP contribution in [0.4, 0.5) is 5.69 Å². The van der Waals surface area contributed by atoms with Gasteiger partial charge in [-0.2, -0.15) is 0 Å². The number of nitrogens with zero attached hydrogens (tertiary/aromatic N) is 1. The second kappa shape index (κ2) is 17.1. The molecule has 1 aromatic heterocycles. The van der Waals surface area contributed by atoms with Gasteiger partial charge in [0.05, 0.1) is 16.7 Å². The van der Waals surface area contributed by atoms with Crippen LogP contribution in [0.15, 0.2) is 218 Å². The van der Waals surface area contributed by atoms with E-state index in [2.05, 4.69) is 199 Å². The first-order valence-electron chi connectivity index (χ1n) is 20.5. The van der Waals surface area contributed by atoms with Crippen molar-refractivity contribution in [2.24, 2.45) is 0 Å². The summed E-state index contributed by atoms with van der Waals surface area (Å²) in [5.41, 5.74) is 21.0. The predicted molar refractivity (Wildman–Crippen MR) is 256 cm³/mol. The van der Waals surface area contributed by atoms with Crippen LogP contribution in [0.25, 0.3) is 82.8 Å². The van der Waals surface area contributed by atoms with Crippen LogP contribution >= 0.6 is 0 Å². The topological polar surface area (TPSA) is 40.2 Å². The molecule has 3 nitrogen and oxygen atoms in total. The third-order valence-electron chi connectivity index (χ3n) is 11.2. The lowest BCUT2D eigenvalue weighted by molar-refractivity contribution is 0.308. The first-order valence-corrected chi connectivity index (χ1v) is 20.5. The molecule has 60 heavy (non-hydrogen) atoms. The summed E-state index contributed by atoms with van der Waals surface area (Å²) >= 11 is 0. The molecule has 0 aliphatic heterocycles. The SMILES string of the molecule is C/C=C\C.Nc1ccc(-c2ccc3ccccc3c2)cc1OCc1ccc(-c2ccccc2-c2ccccc2-c2ccc3c(c2)c2ccccc2n3-c2ccccc2)cc1. The monoisotopic (exact) mass is 774 g/mol. The number of benzene rings is 9. The molecule has 0 aliphatic carbocycles. The van der Waals surface area contributed by atoms with Crippen molar-refractivity contribution in [3.8, 4) is 55.9 Å². The zero-order valence-corrected chi connectivity index (χ0v) is 33.9. The number of hydrogen-bond donors (Lipinski definition) is 1. The maximum absolute atomic E-state index is 6.40. The van der Waals surface area contributed by atoms with Gasteiger partial charge >= 0.3 is 0 Å². The molecule has 10 aromatic rings. The maximum Gasteiger partial charge on any atom is 0.143 e. The van der Waals surface area contributed by atoms with Crippen LogP contribution in [0.3, 0.4) is 0 Å². The average Bonchev–Trinajstić information content (AvgIpc) is 3.65. The van der Waals surface area contributed by atoms with Gasteiger partial charge in [-0.05, 0) is 123 Å². The van der Waals surface area contributed by atoms with E-state index in [1.807, 2.05) is 38.1 Å². The van der Waals surface area contributed by atoms with Crippen molar-refractivity contribution < 1.29 is 4.74 Å². The second-order valence-electron chi connectivity index (χ2n) is 15.0. The summed E-state index contributed by atoms with van der Waals surface area (Å²) in [7, 11) is 0. The molecule has 3 heteroatoms. The molecule has 0 atom stereocenters. The van der Waals surface area contributed by atoms with E-state index in [1.54, 1.807) is 0 Å². The molecule has 0 saturated carbocycles. The molecule has 0 bridgehead atoms. The van der Waals surface area contributed by atoms with Crippen molar-refractivity contribution >= 4 is 38.3 Å². The summed E-state index contributed by atoms with van der Waals surface area (Å²) in [6.07, 6.45) is 4.00. The van der Waals surface area contributed by atoms with Crippen LogP contribution in [-0.2, 0) is 6.61 Å². The van der Waals surface area contributed by atoms with Gasteiger partial charge in [-0.25, -0.2) is 0 Å². The van der Waals surface area contributed by atoms with Crippen LogP contribution in [-0.4, -0.2) is 4.57 Å². The van der Waals surface area contributed by atoms with E-state index in [9.17, 15) is 0 Å². The summed E-state index contributed by atoms with van der Waals surface area (Å²) in [6.45, 7) is 4.42. The molecule has 9 aromatic carbocycles. The van der Waals surface area contributed by atoms with Crippen LogP contribution in [0.2, 0.25) is 0 Å². The normalized spacial score (nSPS) is 11.2. The van der Waals surface area contributed by atoms with Crippen LogP contribution < -0.4 is 10.5 Å². The van der Waals surface area contributed by atoms with Gasteiger partial charge in [0, 0.05) is 16.5 Å². The molecular formula is C57H46N2O. The summed E-state index contributed by atoms with van der Waals surface area (Å²) < 4.78 is 8.70. The quantitative estimate of drug-likeness (QED) is 0.123. The minimum Gasteiger partial charge on any atom is -0.487 e. The molecule has 0 radical (unpaired) electrons. The molecule has 10 rings (SSSR count). The highest BCUT2D eigenvalue weighted by atomic mass is 16.5. The zero-order chi connectivity index (χ0) is 40.8. The van der Waals surface area contributed by atoms with Crippen molar-refractivity contribution in [2.45, 2.75) is 20.5 Å². The fraction of sp³-hybridized carbons (Fsp3) is 0.0526. The lowest BCUT2D eigenvalue weighted by atomic mass is 9.89. The number of rotatable bonds is 8. The minimum absolute atomic E-state index is 0.416. The smallest absolute Gasteiger partial charge is 0.143 e. The fourth-order valence-electron chi connectivity index (χ4n) is 8.08. The van der Waals surface area contributed by atoms with E-state index >= 15 is 0 Å². The lowest BCUT2D eigenvalue weighted by Crippen LogP contribution is -1.99. The summed E-state index contributed by atoms with van der Waals surface area (Å²) in [5, 5.41) is 4.92. The van der Waals surface area contributed by atoms with Crippen molar-refractivity contribution in [3.05, 3.63) is 224 Å². The lowest BCUT2D eigenvalue weighted by Gasteiger charge is -2.16. The summed E-state index contributed by atoms with van der Waals surface area (Å²) in [6, 6.07) is 73.3. The van der Waals surface area contributed by atoms with Gasteiger partial charge in [-0.3, -0.25) is 0 Å². The largest absolute Gasteiger partial charge is 0.487 e. The van der Waals surface area contributed by atoms with Crippen molar-refractivity contribution in [1.82, 2.24) is 4.57 Å². The Labute approximate surface area is 352 Å². The molecule has 0 aliphatic rings. The van der Waals surface area contributed by atoms with Crippen molar-refractivity contribution in [2.75, 3.05) is 5.73 Å². The van der Waals surface area contributed by atoms with Crippen LogP contribution in [0.5, 0.6) is 5.75 Å². The van der Waals surface area contributed by atoms with Gasteiger partial charge in [0.25, 0.3) is 0 Å². The molecule has 1 heterocycles. The number of fused-ring (bicyclic) bond motifs is 4. The number of ether oxygens (including phenoxy) is 1. The summed E-state index contributed by atoms with van der Waals surface area (Å²) in [5.74, 6) is 0.685. The van der Waals surface area contributed by atoms with Crippen LogP contribution in [0, 0.1) is 0 Å². The Morgan fingerprint density at radius 2 is 0.983 bits per heavy atom. The fourth-order valence-corrected chi connectivity index (χ4v) is 8.08. The highest BCUT2D eigenvalue weighted by Crippen LogP contribution is 2.41. The van der Waals surface area contributed by atoms with Crippen LogP contribution in [0.1, 0.15) is 19.4 Å². The minimum atomic E-state index is 0.416. The molecule has 290 valence electrons. The van der Waals surface area contributed by atoms with Gasteiger partial charge in [0.2, 0.25) is 0 Å². The average molecular weight is 775 g/mol. The third-order valence-corrected chi connectivity index (χ3v) is 11.2. The molecule has 0 unspecified atom stereocenters. The highest BCUT2D eigenvalue weighted by molar-refractivity contribution is 6.11. The molecule has 0 saturated heterocycles. The molecule has 0 spiro atoms. The second-order valence-corrected chi connectivity index (χ2v) is 15.0. The van der Waals surface area contributed by atoms with Gasteiger partial charge in [-0.1, -0.05) is 170 Å². The molecule has 0 amide bonds. The van der Waals surface area contributed by atoms with Crippen molar-refractivity contribution in [3.63, 3.8) is 0 Å². The standard InChI is InChI=1S/C53H38N2O.C4H8/c54-50-30-28-41(40-27-26-37-12-4-5-13-39(37)32-40)34-53(50)56-35-36-22-24-38(25-23-36)44-16-6-8-18-46(44)47-19-9-7-17-45(47)42-29-31-52-49(33-42)48-20-10-11-21-51(48)55(52)43-14-2-1-3-15-43;1-3-4-2/h1-34H,35,54H2;3-4H,1-2H3/b;4-3-. The van der Waals surface area contributed by atoms with Gasteiger partial charge in [-0.15, -0.1) is 0 Å². The number of nitrogens with two attached hydrogens (primary N) is 1. The Kier molecular flexibility index (Phi) is 10.8. The molecular weight excluding hydrogens is 729 g/mol. The van der Waals surface area contributed by atoms with E-state index in [1.165, 1.54) is 60.4 Å². The Hall–Kier alpha value is -7.62. The maximum atomic E-state index is 6.40. The number of allylic oxidation sites excluding steroid dienone is 2. The Morgan fingerprint density at radius 1 is 0.433 bits per heavy atom. The van der Waals surface area contributed by atoms with E-state index in [4.69, 9.17) is 10.5 Å². The first-order chi connectivity index (χ1) is 29.6. The zero-order valence-electron chi connectivity index (χ0n) is 33.9. The Bertz CT molecular complexity index is 3120. The Balaban J connectivity index is 0.00000111. The summed E-state index contributed by atoms with van der Waals surface area (Å²) in [4.78, 5) is 0. The molecule has 2 N–H and O–H groups in total. The van der Waals surface area contributed by atoms with E-state index in [-0.39, 0.29) is 0 Å². The highest BCUT2D eigenvalue weighted by Gasteiger charge is 2.16. The predicted octanol–water partition coefficient (Wildman–Crippen LogP) is 15.3. The third kappa shape index (κ3) is 7.57. The van der Waals surface area contributed by atoms with E-state index < -0.39 is 0 Å². The molecule has 0 fully saturated rings. The number of anilines is 1. The van der Waals surface area contributed by atoms with Gasteiger partial charge in [0.1, 0.15) is 12.4 Å². The van der Waals surface area contributed by atoms with Crippen molar-refractivity contribution in [1.29, 1.82) is 0 Å². The van der Waals surface area contributed by atoms with E-state index in [0.29, 0.717) is 18.0 Å². The van der Waals surface area contributed by atoms with E-state index in [0.717, 1.165) is 27.9 Å². The van der Waals surface area contributed by atoms with Gasteiger partial charge < -0.3 is 15.0 Å². The first kappa shape index (κ1) is 37.9. The number of aromatic nitrogens is 1. The number of nitrogen functional groups attached to an aromatic ring is 1. The Morgan fingerprint density at radius 3 is 1.72 bits per heavy atom. The van der Waals surface area contributed by atoms with Gasteiger partial charge in [0.15, 0.2) is 0 Å². The number of hydrogen-bond acceptors (Lipinski definition) is 2.